The number of benzene rings is 1. The second kappa shape index (κ2) is 3.15. The predicted molar refractivity (Wildman–Crippen MR) is 42.2 cm³/mol. The third-order valence-corrected chi connectivity index (χ3v) is 1.72. The SMILES string of the molecule is OSc1ccc(S)cc1. The van der Waals surface area contributed by atoms with E-state index in [2.05, 4.69) is 12.6 Å². The second-order valence-electron chi connectivity index (χ2n) is 1.59. The first kappa shape index (κ1) is 6.99. The van der Waals surface area contributed by atoms with Crippen molar-refractivity contribution < 1.29 is 4.55 Å². The van der Waals surface area contributed by atoms with Gasteiger partial charge in [0.25, 0.3) is 0 Å². The molecule has 0 saturated carbocycles. The van der Waals surface area contributed by atoms with Crippen molar-refractivity contribution in [3.05, 3.63) is 24.3 Å². The Labute approximate surface area is 63.7 Å². The van der Waals surface area contributed by atoms with Crippen LogP contribution in [0.3, 0.4) is 0 Å². The highest BCUT2D eigenvalue weighted by atomic mass is 32.2. The number of thiol groups is 1. The number of rotatable bonds is 1. The van der Waals surface area contributed by atoms with E-state index in [1.165, 1.54) is 0 Å². The van der Waals surface area contributed by atoms with Gasteiger partial charge in [-0.05, 0) is 24.3 Å². The molecule has 0 aliphatic carbocycles. The smallest absolute Gasteiger partial charge is 0.0351 e. The average Bonchev–Trinajstić information content (AvgIpc) is 1.90. The fourth-order valence-corrected chi connectivity index (χ4v) is 0.914. The fourth-order valence-electron chi connectivity index (χ4n) is 0.507. The third-order valence-electron chi connectivity index (χ3n) is 0.942. The van der Waals surface area contributed by atoms with Gasteiger partial charge in [-0.15, -0.1) is 12.6 Å². The van der Waals surface area contributed by atoms with Crippen LogP contribution in [0.2, 0.25) is 0 Å². The molecule has 1 rings (SSSR count). The van der Waals surface area contributed by atoms with Gasteiger partial charge < -0.3 is 4.55 Å². The van der Waals surface area contributed by atoms with Crippen LogP contribution >= 0.6 is 24.7 Å². The Bertz CT molecular complexity index is 183. The molecule has 3 heteroatoms. The van der Waals surface area contributed by atoms with E-state index in [9.17, 15) is 0 Å². The summed E-state index contributed by atoms with van der Waals surface area (Å²) in [6, 6.07) is 7.29. The summed E-state index contributed by atoms with van der Waals surface area (Å²) < 4.78 is 8.52. The van der Waals surface area contributed by atoms with Crippen molar-refractivity contribution in [1.29, 1.82) is 0 Å². The van der Waals surface area contributed by atoms with Crippen molar-refractivity contribution >= 4 is 24.7 Å². The molecule has 0 unspecified atom stereocenters. The molecule has 0 aliphatic heterocycles. The predicted octanol–water partition coefficient (Wildman–Crippen LogP) is 2.54. The maximum Gasteiger partial charge on any atom is 0.0351 e. The summed E-state index contributed by atoms with van der Waals surface area (Å²) in [4.78, 5) is 1.75. The molecule has 9 heavy (non-hydrogen) atoms. The maximum absolute atomic E-state index is 8.52. The molecule has 0 heterocycles. The molecule has 1 aromatic carbocycles. The van der Waals surface area contributed by atoms with Crippen LogP contribution in [0.4, 0.5) is 0 Å². The Hall–Kier alpha value is -0.120. The number of hydrogen-bond donors (Lipinski definition) is 2. The van der Waals surface area contributed by atoms with Crippen LogP contribution < -0.4 is 0 Å². The lowest BCUT2D eigenvalue weighted by Crippen LogP contribution is -1.67. The van der Waals surface area contributed by atoms with Gasteiger partial charge in [-0.1, -0.05) is 0 Å². The minimum Gasteiger partial charge on any atom is -0.325 e. The second-order valence-corrected chi connectivity index (χ2v) is 2.76. The summed E-state index contributed by atoms with van der Waals surface area (Å²) in [5.74, 6) is 0. The maximum atomic E-state index is 8.52. The zero-order valence-electron chi connectivity index (χ0n) is 4.61. The zero-order chi connectivity index (χ0) is 6.69. The summed E-state index contributed by atoms with van der Waals surface area (Å²) in [5.41, 5.74) is 0. The van der Waals surface area contributed by atoms with Crippen molar-refractivity contribution in [2.45, 2.75) is 9.79 Å². The summed E-state index contributed by atoms with van der Waals surface area (Å²) in [6.07, 6.45) is 0. The molecule has 1 N–H and O–H groups in total. The van der Waals surface area contributed by atoms with Crippen LogP contribution in [0.15, 0.2) is 34.1 Å². The van der Waals surface area contributed by atoms with E-state index in [0.717, 1.165) is 21.8 Å². The highest BCUT2D eigenvalue weighted by Crippen LogP contribution is 2.15. The molecule has 0 bridgehead atoms. The van der Waals surface area contributed by atoms with Gasteiger partial charge in [0.2, 0.25) is 0 Å². The van der Waals surface area contributed by atoms with Gasteiger partial charge >= 0.3 is 0 Å². The van der Waals surface area contributed by atoms with Crippen molar-refractivity contribution in [3.8, 4) is 0 Å². The first-order valence-electron chi connectivity index (χ1n) is 2.43. The molecule has 0 saturated heterocycles. The quantitative estimate of drug-likeness (QED) is 0.484. The Morgan fingerprint density at radius 3 is 2.22 bits per heavy atom. The fraction of sp³-hybridized carbons (Fsp3) is 0. The van der Waals surface area contributed by atoms with Crippen LogP contribution in [0.1, 0.15) is 0 Å². The Kier molecular flexibility index (Phi) is 2.45. The molecular weight excluding hydrogens is 152 g/mol. The first-order valence-corrected chi connectivity index (χ1v) is 3.65. The lowest BCUT2D eigenvalue weighted by molar-refractivity contribution is 0.664. The van der Waals surface area contributed by atoms with Gasteiger partial charge in [0.15, 0.2) is 0 Å². The molecule has 0 radical (unpaired) electrons. The minimum atomic E-state index is 0.744. The molecular formula is C6H6OS2. The summed E-state index contributed by atoms with van der Waals surface area (Å²) >= 11 is 4.82. The first-order chi connectivity index (χ1) is 4.33. The van der Waals surface area contributed by atoms with Crippen molar-refractivity contribution in [2.24, 2.45) is 0 Å². The van der Waals surface area contributed by atoms with Crippen LogP contribution in [0.25, 0.3) is 0 Å². The molecule has 0 spiro atoms. The van der Waals surface area contributed by atoms with E-state index in [-0.39, 0.29) is 0 Å². The normalized spacial score (nSPS) is 9.56. The Morgan fingerprint density at radius 2 is 1.78 bits per heavy atom. The zero-order valence-corrected chi connectivity index (χ0v) is 6.32. The van der Waals surface area contributed by atoms with E-state index < -0.39 is 0 Å². The molecule has 48 valence electrons. The van der Waals surface area contributed by atoms with E-state index >= 15 is 0 Å². The van der Waals surface area contributed by atoms with Crippen LogP contribution in [-0.4, -0.2) is 4.55 Å². The van der Waals surface area contributed by atoms with E-state index in [4.69, 9.17) is 4.55 Å². The van der Waals surface area contributed by atoms with Gasteiger partial charge in [-0.3, -0.25) is 0 Å². The number of hydrogen-bond acceptors (Lipinski definition) is 3. The minimum absolute atomic E-state index is 0.744. The lowest BCUT2D eigenvalue weighted by Gasteiger charge is -1.92. The lowest BCUT2D eigenvalue weighted by atomic mass is 10.4. The average molecular weight is 158 g/mol. The standard InChI is InChI=1S/C6H6OS2/c7-9-6-3-1-5(8)2-4-6/h1-4,7-8H. The van der Waals surface area contributed by atoms with E-state index in [1.54, 1.807) is 0 Å². The van der Waals surface area contributed by atoms with Crippen LogP contribution in [-0.2, 0) is 0 Å². The molecule has 0 aromatic heterocycles. The monoisotopic (exact) mass is 158 g/mol. The van der Waals surface area contributed by atoms with E-state index in [1.807, 2.05) is 24.3 Å². The van der Waals surface area contributed by atoms with E-state index in [0.29, 0.717) is 0 Å². The summed E-state index contributed by atoms with van der Waals surface area (Å²) in [7, 11) is 0. The molecule has 0 atom stereocenters. The molecule has 0 fully saturated rings. The third kappa shape index (κ3) is 1.93. The molecule has 0 amide bonds. The van der Waals surface area contributed by atoms with Gasteiger partial charge in [0, 0.05) is 21.8 Å². The highest BCUT2D eigenvalue weighted by Gasteiger charge is 1.87. The van der Waals surface area contributed by atoms with Crippen LogP contribution in [0.5, 0.6) is 0 Å². The molecule has 0 aliphatic rings. The van der Waals surface area contributed by atoms with Gasteiger partial charge in [-0.2, -0.15) is 0 Å². The van der Waals surface area contributed by atoms with Crippen molar-refractivity contribution in [2.75, 3.05) is 0 Å². The molecule has 1 nitrogen and oxygen atoms in total. The largest absolute Gasteiger partial charge is 0.325 e. The van der Waals surface area contributed by atoms with Crippen molar-refractivity contribution in [1.82, 2.24) is 0 Å². The van der Waals surface area contributed by atoms with Gasteiger partial charge in [-0.25, -0.2) is 0 Å². The topological polar surface area (TPSA) is 20.2 Å². The highest BCUT2D eigenvalue weighted by molar-refractivity contribution is 7.93. The van der Waals surface area contributed by atoms with Crippen LogP contribution in [0, 0.1) is 0 Å². The van der Waals surface area contributed by atoms with Gasteiger partial charge in [0.1, 0.15) is 0 Å². The molecule has 1 aromatic rings. The Morgan fingerprint density at radius 1 is 1.22 bits per heavy atom. The summed E-state index contributed by atoms with van der Waals surface area (Å²) in [6.45, 7) is 0. The summed E-state index contributed by atoms with van der Waals surface area (Å²) in [5, 5.41) is 0. The van der Waals surface area contributed by atoms with Gasteiger partial charge in [0.05, 0.1) is 0 Å². The Balaban J connectivity index is 2.88. The van der Waals surface area contributed by atoms with Crippen molar-refractivity contribution in [3.63, 3.8) is 0 Å².